The van der Waals surface area contributed by atoms with E-state index in [9.17, 15) is 0 Å². The molecule has 0 saturated carbocycles. The van der Waals surface area contributed by atoms with Crippen molar-refractivity contribution >= 4 is 0 Å². The van der Waals surface area contributed by atoms with Crippen molar-refractivity contribution < 1.29 is 9.47 Å². The summed E-state index contributed by atoms with van der Waals surface area (Å²) in [6.45, 7) is 3.16. The lowest BCUT2D eigenvalue weighted by Crippen LogP contribution is -2.20. The second-order valence-electron chi connectivity index (χ2n) is 3.79. The summed E-state index contributed by atoms with van der Waals surface area (Å²) in [7, 11) is 1.70. The molecule has 1 aliphatic rings. The highest BCUT2D eigenvalue weighted by Crippen LogP contribution is 2.23. The first-order valence-electron chi connectivity index (χ1n) is 5.36. The van der Waals surface area contributed by atoms with E-state index in [-0.39, 0.29) is 0 Å². The summed E-state index contributed by atoms with van der Waals surface area (Å²) in [5.74, 6) is 1.44. The van der Waals surface area contributed by atoms with Crippen molar-refractivity contribution in [3.05, 3.63) is 12.2 Å². The highest BCUT2D eigenvalue weighted by Gasteiger charge is 2.20. The monoisotopic (exact) mass is 211 g/mol. The van der Waals surface area contributed by atoms with E-state index in [1.165, 1.54) is 0 Å². The quantitative estimate of drug-likeness (QED) is 0.739. The van der Waals surface area contributed by atoms with Gasteiger partial charge in [0, 0.05) is 26.2 Å². The van der Waals surface area contributed by atoms with Crippen LogP contribution in [0.25, 0.3) is 0 Å². The fourth-order valence-electron chi connectivity index (χ4n) is 1.89. The van der Waals surface area contributed by atoms with Gasteiger partial charge in [0.2, 0.25) is 0 Å². The number of hydrogen-bond acceptors (Lipinski definition) is 4. The maximum absolute atomic E-state index is 5.45. The zero-order chi connectivity index (χ0) is 10.5. The van der Waals surface area contributed by atoms with Gasteiger partial charge in [-0.15, -0.1) is 10.2 Å². The van der Waals surface area contributed by atoms with Crippen molar-refractivity contribution in [3.63, 3.8) is 0 Å². The highest BCUT2D eigenvalue weighted by atomic mass is 16.5. The molecule has 0 aromatic carbocycles. The van der Waals surface area contributed by atoms with Crippen molar-refractivity contribution in [2.45, 2.75) is 25.3 Å². The lowest BCUT2D eigenvalue weighted by atomic mass is 10.0. The third-order valence-corrected chi connectivity index (χ3v) is 2.71. The molecule has 2 heterocycles. The minimum atomic E-state index is 0.401. The minimum absolute atomic E-state index is 0.401. The SMILES string of the molecule is COCCn1cnnc1C1CCCOC1. The summed E-state index contributed by atoms with van der Waals surface area (Å²) in [5, 5.41) is 8.12. The number of rotatable bonds is 4. The Morgan fingerprint density at radius 2 is 2.60 bits per heavy atom. The van der Waals surface area contributed by atoms with Gasteiger partial charge in [0.15, 0.2) is 0 Å². The van der Waals surface area contributed by atoms with Gasteiger partial charge in [-0.3, -0.25) is 0 Å². The lowest BCUT2D eigenvalue weighted by molar-refractivity contribution is 0.0763. The van der Waals surface area contributed by atoms with Crippen molar-refractivity contribution in [1.82, 2.24) is 14.8 Å². The van der Waals surface area contributed by atoms with Crippen LogP contribution >= 0.6 is 0 Å². The average Bonchev–Trinajstić information content (AvgIpc) is 2.75. The maximum atomic E-state index is 5.45. The molecule has 0 bridgehead atoms. The molecule has 1 atom stereocenters. The summed E-state index contributed by atoms with van der Waals surface area (Å²) >= 11 is 0. The van der Waals surface area contributed by atoms with Gasteiger partial charge in [-0.05, 0) is 12.8 Å². The molecule has 0 aliphatic carbocycles. The molecule has 84 valence electrons. The van der Waals surface area contributed by atoms with E-state index < -0.39 is 0 Å². The third kappa shape index (κ3) is 2.54. The Labute approximate surface area is 89.4 Å². The molecule has 1 fully saturated rings. The molecular formula is C10H17N3O2. The summed E-state index contributed by atoms with van der Waals surface area (Å²) in [6, 6.07) is 0. The molecule has 5 nitrogen and oxygen atoms in total. The molecule has 1 aliphatic heterocycles. The Balaban J connectivity index is 2.02. The van der Waals surface area contributed by atoms with Gasteiger partial charge in [0.05, 0.1) is 13.2 Å². The Bertz CT molecular complexity index is 295. The first-order chi connectivity index (χ1) is 7.42. The minimum Gasteiger partial charge on any atom is -0.383 e. The molecule has 0 N–H and O–H groups in total. The Hall–Kier alpha value is -0.940. The zero-order valence-corrected chi connectivity index (χ0v) is 9.06. The van der Waals surface area contributed by atoms with Crippen molar-refractivity contribution in [2.75, 3.05) is 26.9 Å². The molecule has 1 saturated heterocycles. The number of methoxy groups -OCH3 is 1. The van der Waals surface area contributed by atoms with Gasteiger partial charge in [-0.25, -0.2) is 0 Å². The van der Waals surface area contributed by atoms with E-state index in [1.54, 1.807) is 13.4 Å². The number of nitrogens with zero attached hydrogens (tertiary/aromatic N) is 3. The molecule has 0 radical (unpaired) electrons. The van der Waals surface area contributed by atoms with Gasteiger partial charge in [0.25, 0.3) is 0 Å². The molecule has 1 aromatic heterocycles. The fourth-order valence-corrected chi connectivity index (χ4v) is 1.89. The van der Waals surface area contributed by atoms with E-state index >= 15 is 0 Å². The topological polar surface area (TPSA) is 49.2 Å². The van der Waals surface area contributed by atoms with E-state index in [2.05, 4.69) is 14.8 Å². The third-order valence-electron chi connectivity index (χ3n) is 2.71. The Morgan fingerprint density at radius 1 is 1.67 bits per heavy atom. The van der Waals surface area contributed by atoms with Crippen molar-refractivity contribution in [1.29, 1.82) is 0 Å². The van der Waals surface area contributed by atoms with E-state index in [4.69, 9.17) is 9.47 Å². The van der Waals surface area contributed by atoms with Crippen molar-refractivity contribution in [2.24, 2.45) is 0 Å². The van der Waals surface area contributed by atoms with Gasteiger partial charge < -0.3 is 14.0 Å². The van der Waals surface area contributed by atoms with Crippen LogP contribution in [0, 0.1) is 0 Å². The number of aromatic nitrogens is 3. The summed E-state index contributed by atoms with van der Waals surface area (Å²) in [4.78, 5) is 0. The lowest BCUT2D eigenvalue weighted by Gasteiger charge is -2.21. The highest BCUT2D eigenvalue weighted by molar-refractivity contribution is 4.97. The molecule has 1 aromatic rings. The molecule has 5 heteroatoms. The summed E-state index contributed by atoms with van der Waals surface area (Å²) in [6.07, 6.45) is 4.02. The van der Waals surface area contributed by atoms with E-state index in [0.717, 1.165) is 38.4 Å². The standard InChI is InChI=1S/C10H17N3O2/c1-14-6-4-13-8-11-12-10(13)9-3-2-5-15-7-9/h8-9H,2-7H2,1H3. The first kappa shape index (κ1) is 10.6. The number of hydrogen-bond donors (Lipinski definition) is 0. The van der Waals surface area contributed by atoms with Gasteiger partial charge >= 0.3 is 0 Å². The second-order valence-corrected chi connectivity index (χ2v) is 3.79. The second kappa shape index (κ2) is 5.23. The predicted molar refractivity (Wildman–Crippen MR) is 54.7 cm³/mol. The normalized spacial score (nSPS) is 21.8. The largest absolute Gasteiger partial charge is 0.383 e. The molecule has 15 heavy (non-hydrogen) atoms. The maximum Gasteiger partial charge on any atom is 0.138 e. The van der Waals surface area contributed by atoms with Crippen LogP contribution in [0.1, 0.15) is 24.6 Å². The number of ether oxygens (including phenoxy) is 2. The van der Waals surface area contributed by atoms with Gasteiger partial charge in [-0.2, -0.15) is 0 Å². The van der Waals surface area contributed by atoms with Crippen LogP contribution in [0.4, 0.5) is 0 Å². The molecular weight excluding hydrogens is 194 g/mol. The molecule has 0 spiro atoms. The summed E-state index contributed by atoms with van der Waals surface area (Å²) in [5.41, 5.74) is 0. The van der Waals surface area contributed by atoms with E-state index in [0.29, 0.717) is 12.5 Å². The fraction of sp³-hybridized carbons (Fsp3) is 0.800. The zero-order valence-electron chi connectivity index (χ0n) is 9.06. The van der Waals surface area contributed by atoms with E-state index in [1.807, 2.05) is 0 Å². The van der Waals surface area contributed by atoms with Gasteiger partial charge in [-0.1, -0.05) is 0 Å². The molecule has 2 rings (SSSR count). The first-order valence-corrected chi connectivity index (χ1v) is 5.36. The smallest absolute Gasteiger partial charge is 0.138 e. The Morgan fingerprint density at radius 3 is 3.33 bits per heavy atom. The molecule has 0 amide bonds. The van der Waals surface area contributed by atoms with Crippen LogP contribution in [0.15, 0.2) is 6.33 Å². The Kier molecular flexibility index (Phi) is 3.69. The predicted octanol–water partition coefficient (Wildman–Crippen LogP) is 0.818. The van der Waals surface area contributed by atoms with Crippen molar-refractivity contribution in [3.8, 4) is 0 Å². The van der Waals surface area contributed by atoms with Crippen LogP contribution in [0.5, 0.6) is 0 Å². The average molecular weight is 211 g/mol. The summed E-state index contributed by atoms with van der Waals surface area (Å²) < 4.78 is 12.6. The molecule has 1 unspecified atom stereocenters. The van der Waals surface area contributed by atoms with Crippen LogP contribution in [0.2, 0.25) is 0 Å². The van der Waals surface area contributed by atoms with Crippen LogP contribution in [-0.4, -0.2) is 41.7 Å². The van der Waals surface area contributed by atoms with Crippen LogP contribution < -0.4 is 0 Å². The van der Waals surface area contributed by atoms with Crippen LogP contribution in [0.3, 0.4) is 0 Å². The van der Waals surface area contributed by atoms with Gasteiger partial charge in [0.1, 0.15) is 12.2 Å². The van der Waals surface area contributed by atoms with Crippen LogP contribution in [-0.2, 0) is 16.0 Å².